The first-order valence-electron chi connectivity index (χ1n) is 10.4. The number of amides is 1. The maximum Gasteiger partial charge on any atom is 0.262 e. The lowest BCUT2D eigenvalue weighted by Gasteiger charge is -2.15. The van der Waals surface area contributed by atoms with Crippen molar-refractivity contribution in [2.24, 2.45) is 0 Å². The van der Waals surface area contributed by atoms with Crippen LogP contribution < -0.4 is 24.8 Å². The minimum Gasteiger partial charge on any atom is -0.494 e. The summed E-state index contributed by atoms with van der Waals surface area (Å²) in [6.45, 7) is 4.76. The third-order valence-corrected chi connectivity index (χ3v) is 5.44. The van der Waals surface area contributed by atoms with E-state index in [9.17, 15) is 4.79 Å². The highest BCUT2D eigenvalue weighted by Gasteiger charge is 2.14. The van der Waals surface area contributed by atoms with Gasteiger partial charge in [0.2, 0.25) is 0 Å². The number of rotatable bonds is 10. The van der Waals surface area contributed by atoms with Crippen LogP contribution in [0, 0.1) is 6.92 Å². The quantitative estimate of drug-likeness (QED) is 0.348. The molecule has 0 heterocycles. The molecule has 1 amide bonds. The number of hydrogen-bond acceptors (Lipinski definition) is 5. The van der Waals surface area contributed by atoms with Crippen LogP contribution in [0.3, 0.4) is 0 Å². The van der Waals surface area contributed by atoms with Crippen LogP contribution >= 0.6 is 23.2 Å². The summed E-state index contributed by atoms with van der Waals surface area (Å²) >= 11 is 12.5. The Balaban J connectivity index is 1.61. The molecule has 0 atom stereocenters. The molecule has 6 nitrogen and oxygen atoms in total. The molecule has 8 heteroatoms. The van der Waals surface area contributed by atoms with Gasteiger partial charge < -0.3 is 24.8 Å². The monoisotopic (exact) mass is 488 g/mol. The van der Waals surface area contributed by atoms with E-state index in [1.807, 2.05) is 50.2 Å². The molecule has 174 valence electrons. The number of carbonyl (C=O) groups excluding carboxylic acids is 1. The van der Waals surface area contributed by atoms with Crippen LogP contribution in [-0.2, 0) is 11.3 Å². The molecule has 0 aromatic heterocycles. The van der Waals surface area contributed by atoms with Crippen LogP contribution in [0.1, 0.15) is 18.1 Å². The van der Waals surface area contributed by atoms with Gasteiger partial charge in [-0.2, -0.15) is 0 Å². The molecule has 0 radical (unpaired) electrons. The molecule has 0 unspecified atom stereocenters. The van der Waals surface area contributed by atoms with Gasteiger partial charge in [0.15, 0.2) is 18.1 Å². The van der Waals surface area contributed by atoms with Crippen LogP contribution in [-0.4, -0.2) is 26.2 Å². The van der Waals surface area contributed by atoms with Gasteiger partial charge in [-0.05, 0) is 73.5 Å². The highest BCUT2D eigenvalue weighted by molar-refractivity contribution is 6.32. The van der Waals surface area contributed by atoms with E-state index < -0.39 is 0 Å². The molecule has 0 aliphatic rings. The minimum absolute atomic E-state index is 0.231. The summed E-state index contributed by atoms with van der Waals surface area (Å²) in [5.74, 6) is 1.23. The number of aryl methyl sites for hydroxylation is 1. The molecule has 0 saturated heterocycles. The van der Waals surface area contributed by atoms with E-state index in [0.717, 1.165) is 22.6 Å². The average molecular weight is 489 g/mol. The second kappa shape index (κ2) is 11.7. The van der Waals surface area contributed by atoms with Crippen molar-refractivity contribution in [3.8, 4) is 17.2 Å². The molecule has 2 N–H and O–H groups in total. The zero-order chi connectivity index (χ0) is 23.8. The molecule has 0 spiro atoms. The molecule has 0 fully saturated rings. The maximum absolute atomic E-state index is 12.3. The second-order valence-electron chi connectivity index (χ2n) is 7.22. The molecule has 3 aromatic rings. The van der Waals surface area contributed by atoms with Gasteiger partial charge in [0.25, 0.3) is 5.91 Å². The van der Waals surface area contributed by atoms with Crippen molar-refractivity contribution in [3.63, 3.8) is 0 Å². The van der Waals surface area contributed by atoms with E-state index in [0.29, 0.717) is 40.4 Å². The lowest BCUT2D eigenvalue weighted by Crippen LogP contribution is -2.20. The number of nitrogens with one attached hydrogen (secondary N) is 2. The Labute approximate surface area is 203 Å². The summed E-state index contributed by atoms with van der Waals surface area (Å²) in [6, 6.07) is 16.6. The van der Waals surface area contributed by atoms with Gasteiger partial charge in [0.05, 0.1) is 18.7 Å². The predicted octanol–water partition coefficient (Wildman–Crippen LogP) is 6.34. The van der Waals surface area contributed by atoms with Gasteiger partial charge in [-0.1, -0.05) is 29.3 Å². The number of carbonyl (C=O) groups is 1. The van der Waals surface area contributed by atoms with E-state index in [-0.39, 0.29) is 12.5 Å². The van der Waals surface area contributed by atoms with Crippen molar-refractivity contribution >= 4 is 40.5 Å². The zero-order valence-electron chi connectivity index (χ0n) is 18.7. The highest BCUT2D eigenvalue weighted by atomic mass is 35.5. The van der Waals surface area contributed by atoms with Gasteiger partial charge >= 0.3 is 0 Å². The number of ether oxygens (including phenoxy) is 3. The maximum atomic E-state index is 12.3. The third kappa shape index (κ3) is 6.94. The topological polar surface area (TPSA) is 68.8 Å². The second-order valence-corrected chi connectivity index (χ2v) is 8.04. The Kier molecular flexibility index (Phi) is 8.69. The Morgan fingerprint density at radius 2 is 1.67 bits per heavy atom. The lowest BCUT2D eigenvalue weighted by molar-refractivity contribution is -0.118. The average Bonchev–Trinajstić information content (AvgIpc) is 2.80. The smallest absolute Gasteiger partial charge is 0.262 e. The minimum atomic E-state index is -0.339. The fourth-order valence-corrected chi connectivity index (χ4v) is 3.53. The number of methoxy groups -OCH3 is 1. The fourth-order valence-electron chi connectivity index (χ4n) is 3.06. The van der Waals surface area contributed by atoms with Gasteiger partial charge in [-0.3, -0.25) is 4.79 Å². The molecule has 33 heavy (non-hydrogen) atoms. The van der Waals surface area contributed by atoms with Crippen molar-refractivity contribution < 1.29 is 19.0 Å². The van der Waals surface area contributed by atoms with Gasteiger partial charge in [0, 0.05) is 22.9 Å². The standard InChI is InChI=1S/C25H26Cl2N2O4/c1-4-32-20-9-7-18(8-10-20)28-14-17-11-22(27)25(23(12-17)31-3)33-15-24(30)29-19-6-5-16(2)21(26)13-19/h5-13,28H,4,14-15H2,1-3H3,(H,29,30). The Bertz CT molecular complexity index is 1100. The number of hydrogen-bond donors (Lipinski definition) is 2. The predicted molar refractivity (Wildman–Crippen MR) is 133 cm³/mol. The van der Waals surface area contributed by atoms with Crippen LogP contribution in [0.5, 0.6) is 17.2 Å². The van der Waals surface area contributed by atoms with Crippen LogP contribution in [0.15, 0.2) is 54.6 Å². The molecule has 3 aromatic carbocycles. The van der Waals surface area contributed by atoms with E-state index >= 15 is 0 Å². The van der Waals surface area contributed by atoms with Gasteiger partial charge in [0.1, 0.15) is 5.75 Å². The summed E-state index contributed by atoms with van der Waals surface area (Å²) in [6.07, 6.45) is 0. The van der Waals surface area contributed by atoms with Crippen LogP contribution in [0.4, 0.5) is 11.4 Å². The Morgan fingerprint density at radius 1 is 0.939 bits per heavy atom. The fraction of sp³-hybridized carbons (Fsp3) is 0.240. The molecule has 3 rings (SSSR count). The summed E-state index contributed by atoms with van der Waals surface area (Å²) in [7, 11) is 1.52. The molecule has 0 saturated carbocycles. The summed E-state index contributed by atoms with van der Waals surface area (Å²) < 4.78 is 16.6. The van der Waals surface area contributed by atoms with E-state index in [1.54, 1.807) is 18.2 Å². The van der Waals surface area contributed by atoms with Gasteiger partial charge in [-0.25, -0.2) is 0 Å². The zero-order valence-corrected chi connectivity index (χ0v) is 20.2. The number of halogens is 2. The van der Waals surface area contributed by atoms with E-state index in [4.69, 9.17) is 37.4 Å². The van der Waals surface area contributed by atoms with Crippen molar-refractivity contribution in [1.82, 2.24) is 0 Å². The summed E-state index contributed by atoms with van der Waals surface area (Å²) in [5.41, 5.74) is 3.37. The van der Waals surface area contributed by atoms with Crippen molar-refractivity contribution in [2.45, 2.75) is 20.4 Å². The van der Waals surface area contributed by atoms with Gasteiger partial charge in [-0.15, -0.1) is 0 Å². The van der Waals surface area contributed by atoms with E-state index in [1.165, 1.54) is 7.11 Å². The first-order chi connectivity index (χ1) is 15.9. The molecule has 0 aliphatic heterocycles. The van der Waals surface area contributed by atoms with Crippen molar-refractivity contribution in [2.75, 3.05) is 31.0 Å². The first-order valence-corrected chi connectivity index (χ1v) is 11.2. The lowest BCUT2D eigenvalue weighted by atomic mass is 10.2. The molecule has 0 bridgehead atoms. The van der Waals surface area contributed by atoms with E-state index in [2.05, 4.69) is 10.6 Å². The van der Waals surface area contributed by atoms with Crippen LogP contribution in [0.2, 0.25) is 10.0 Å². The third-order valence-electron chi connectivity index (χ3n) is 4.75. The normalized spacial score (nSPS) is 10.5. The molecular formula is C25H26Cl2N2O4. The number of anilines is 2. The molecular weight excluding hydrogens is 463 g/mol. The Morgan fingerprint density at radius 3 is 2.33 bits per heavy atom. The number of benzene rings is 3. The van der Waals surface area contributed by atoms with Crippen molar-refractivity contribution in [3.05, 3.63) is 75.8 Å². The van der Waals surface area contributed by atoms with Crippen molar-refractivity contribution in [1.29, 1.82) is 0 Å². The largest absolute Gasteiger partial charge is 0.494 e. The summed E-state index contributed by atoms with van der Waals surface area (Å²) in [4.78, 5) is 12.3. The van der Waals surface area contributed by atoms with Crippen LogP contribution in [0.25, 0.3) is 0 Å². The first kappa shape index (κ1) is 24.6. The Hall–Kier alpha value is -3.09. The highest BCUT2D eigenvalue weighted by Crippen LogP contribution is 2.36. The summed E-state index contributed by atoms with van der Waals surface area (Å²) in [5, 5.41) is 7.00. The molecule has 0 aliphatic carbocycles. The SMILES string of the molecule is CCOc1ccc(NCc2cc(Cl)c(OCC(=O)Nc3ccc(C)c(Cl)c3)c(OC)c2)cc1.